The summed E-state index contributed by atoms with van der Waals surface area (Å²) in [5, 5.41) is 2.46. The van der Waals surface area contributed by atoms with Gasteiger partial charge in [-0.05, 0) is 12.1 Å². The number of H-pyrrole nitrogens is 2. The monoisotopic (exact) mass is 285 g/mol. The Balaban J connectivity index is 1.67. The first-order valence-corrected chi connectivity index (χ1v) is 6.13. The number of benzene rings is 1. The van der Waals surface area contributed by atoms with Gasteiger partial charge in [0.25, 0.3) is 11.5 Å². The molecule has 1 amide bonds. The van der Waals surface area contributed by atoms with Crippen LogP contribution in [0.4, 0.5) is 5.95 Å². The van der Waals surface area contributed by atoms with Crippen LogP contribution < -0.4 is 15.6 Å². The maximum absolute atomic E-state index is 11.7. The Kier molecular flexibility index (Phi) is 3.34. The Labute approximate surface area is 118 Å². The van der Waals surface area contributed by atoms with Crippen molar-refractivity contribution in [2.45, 2.75) is 0 Å². The summed E-state index contributed by atoms with van der Waals surface area (Å²) in [6.45, 7) is -0.186. The van der Waals surface area contributed by atoms with E-state index in [0.717, 1.165) is 0 Å². The number of aromatic amines is 2. The molecule has 3 rings (SSSR count). The van der Waals surface area contributed by atoms with E-state index < -0.39 is 11.5 Å². The van der Waals surface area contributed by atoms with Gasteiger partial charge in [-0.3, -0.25) is 19.9 Å². The number of nitrogens with zero attached hydrogens (tertiary/aromatic N) is 2. The Hall–Kier alpha value is -3.16. The van der Waals surface area contributed by atoms with Crippen molar-refractivity contribution in [3.8, 4) is 5.75 Å². The van der Waals surface area contributed by atoms with Crippen LogP contribution in [0.15, 0.2) is 41.5 Å². The molecule has 0 bridgehead atoms. The molecule has 0 aliphatic rings. The van der Waals surface area contributed by atoms with Crippen molar-refractivity contribution in [1.29, 1.82) is 0 Å². The Morgan fingerprint density at radius 2 is 2.10 bits per heavy atom. The van der Waals surface area contributed by atoms with Gasteiger partial charge in [0.15, 0.2) is 17.8 Å². The van der Waals surface area contributed by atoms with E-state index in [9.17, 15) is 9.59 Å². The van der Waals surface area contributed by atoms with Gasteiger partial charge in [0.05, 0.1) is 6.33 Å². The van der Waals surface area contributed by atoms with Crippen molar-refractivity contribution in [2.24, 2.45) is 0 Å². The molecule has 8 heteroatoms. The molecule has 0 aliphatic carbocycles. The van der Waals surface area contributed by atoms with Gasteiger partial charge < -0.3 is 9.72 Å². The fraction of sp³-hybridized carbons (Fsp3) is 0.0769. The highest BCUT2D eigenvalue weighted by Gasteiger charge is 2.09. The quantitative estimate of drug-likeness (QED) is 0.652. The van der Waals surface area contributed by atoms with Gasteiger partial charge in [0, 0.05) is 0 Å². The topological polar surface area (TPSA) is 113 Å². The van der Waals surface area contributed by atoms with Gasteiger partial charge in [0.2, 0.25) is 5.95 Å². The first-order chi connectivity index (χ1) is 10.2. The highest BCUT2D eigenvalue weighted by Crippen LogP contribution is 2.08. The molecule has 1 aromatic carbocycles. The lowest BCUT2D eigenvalue weighted by molar-refractivity contribution is -0.118. The second-order valence-corrected chi connectivity index (χ2v) is 4.16. The fourth-order valence-electron chi connectivity index (χ4n) is 1.74. The van der Waals surface area contributed by atoms with E-state index in [4.69, 9.17) is 4.74 Å². The summed E-state index contributed by atoms with van der Waals surface area (Å²) >= 11 is 0. The summed E-state index contributed by atoms with van der Waals surface area (Å²) in [5.74, 6) is 0.192. The van der Waals surface area contributed by atoms with Crippen molar-refractivity contribution >= 4 is 23.0 Å². The Bertz CT molecular complexity index is 824. The molecule has 21 heavy (non-hydrogen) atoms. The lowest BCUT2D eigenvalue weighted by Gasteiger charge is -2.06. The van der Waals surface area contributed by atoms with Crippen LogP contribution in [0, 0.1) is 0 Å². The molecular weight excluding hydrogens is 274 g/mol. The second kappa shape index (κ2) is 5.45. The van der Waals surface area contributed by atoms with Crippen LogP contribution in [-0.2, 0) is 4.79 Å². The van der Waals surface area contributed by atoms with E-state index in [-0.39, 0.29) is 18.1 Å². The predicted octanol–water partition coefficient (Wildman–Crippen LogP) is 0.664. The number of hydrogen-bond donors (Lipinski definition) is 3. The number of para-hydroxylation sites is 1. The van der Waals surface area contributed by atoms with Crippen molar-refractivity contribution in [2.75, 3.05) is 11.9 Å². The number of rotatable bonds is 4. The number of anilines is 1. The minimum Gasteiger partial charge on any atom is -0.484 e. The van der Waals surface area contributed by atoms with E-state index in [0.29, 0.717) is 11.4 Å². The molecule has 0 spiro atoms. The van der Waals surface area contributed by atoms with E-state index in [1.54, 1.807) is 24.3 Å². The van der Waals surface area contributed by atoms with Gasteiger partial charge in [-0.25, -0.2) is 4.98 Å². The summed E-state index contributed by atoms with van der Waals surface area (Å²) in [4.78, 5) is 36.4. The van der Waals surface area contributed by atoms with Crippen LogP contribution in [0.5, 0.6) is 5.75 Å². The zero-order valence-electron chi connectivity index (χ0n) is 10.8. The van der Waals surface area contributed by atoms with Gasteiger partial charge in [-0.2, -0.15) is 4.98 Å². The molecule has 0 saturated carbocycles. The minimum atomic E-state index is -0.430. The number of aromatic nitrogens is 4. The summed E-state index contributed by atoms with van der Waals surface area (Å²) in [7, 11) is 0. The van der Waals surface area contributed by atoms with Crippen LogP contribution in [0.2, 0.25) is 0 Å². The van der Waals surface area contributed by atoms with E-state index in [2.05, 4.69) is 25.3 Å². The average Bonchev–Trinajstić information content (AvgIpc) is 2.95. The van der Waals surface area contributed by atoms with Crippen molar-refractivity contribution < 1.29 is 9.53 Å². The van der Waals surface area contributed by atoms with Crippen LogP contribution in [0.25, 0.3) is 11.2 Å². The molecule has 2 aromatic heterocycles. The maximum Gasteiger partial charge on any atom is 0.280 e. The standard InChI is InChI=1S/C13H11N5O3/c19-9(6-21-8-4-2-1-3-5-8)16-13-17-11-10(12(20)18-13)14-7-15-11/h1-5,7H,6H2,(H3,14,15,16,17,18,19,20). The largest absolute Gasteiger partial charge is 0.484 e. The number of amides is 1. The minimum absolute atomic E-state index is 0.0402. The number of hydrogen-bond acceptors (Lipinski definition) is 5. The van der Waals surface area contributed by atoms with E-state index in [1.807, 2.05) is 6.07 Å². The number of carbonyl (C=O) groups is 1. The molecule has 0 radical (unpaired) electrons. The fourth-order valence-corrected chi connectivity index (χ4v) is 1.74. The molecule has 0 aliphatic heterocycles. The number of carbonyl (C=O) groups excluding carboxylic acids is 1. The Morgan fingerprint density at radius 3 is 2.90 bits per heavy atom. The zero-order chi connectivity index (χ0) is 14.7. The maximum atomic E-state index is 11.7. The average molecular weight is 285 g/mol. The van der Waals surface area contributed by atoms with Gasteiger partial charge in [-0.15, -0.1) is 0 Å². The lowest BCUT2D eigenvalue weighted by Crippen LogP contribution is -2.23. The number of nitrogens with one attached hydrogen (secondary N) is 3. The van der Waals surface area contributed by atoms with Gasteiger partial charge in [0.1, 0.15) is 5.75 Å². The molecule has 0 unspecified atom stereocenters. The second-order valence-electron chi connectivity index (χ2n) is 4.16. The molecule has 3 N–H and O–H groups in total. The lowest BCUT2D eigenvalue weighted by atomic mass is 10.3. The number of imidazole rings is 1. The smallest absolute Gasteiger partial charge is 0.280 e. The normalized spacial score (nSPS) is 10.5. The van der Waals surface area contributed by atoms with Crippen molar-refractivity contribution in [1.82, 2.24) is 19.9 Å². The third-order valence-corrected chi connectivity index (χ3v) is 2.66. The molecule has 3 aromatic rings. The molecule has 0 fully saturated rings. The zero-order valence-corrected chi connectivity index (χ0v) is 10.8. The molecule has 8 nitrogen and oxygen atoms in total. The molecule has 0 atom stereocenters. The van der Waals surface area contributed by atoms with Crippen LogP contribution in [0.3, 0.4) is 0 Å². The Morgan fingerprint density at radius 1 is 1.29 bits per heavy atom. The molecule has 0 saturated heterocycles. The summed E-state index contributed by atoms with van der Waals surface area (Å²) in [6.07, 6.45) is 1.36. The number of fused-ring (bicyclic) bond motifs is 1. The predicted molar refractivity (Wildman–Crippen MR) is 75.1 cm³/mol. The van der Waals surface area contributed by atoms with E-state index >= 15 is 0 Å². The van der Waals surface area contributed by atoms with E-state index in [1.165, 1.54) is 6.33 Å². The van der Waals surface area contributed by atoms with Crippen molar-refractivity contribution in [3.05, 3.63) is 47.0 Å². The van der Waals surface area contributed by atoms with Gasteiger partial charge in [-0.1, -0.05) is 18.2 Å². The summed E-state index contributed by atoms with van der Waals surface area (Å²) < 4.78 is 5.29. The third kappa shape index (κ3) is 2.89. The highest BCUT2D eigenvalue weighted by molar-refractivity contribution is 5.90. The van der Waals surface area contributed by atoms with Crippen LogP contribution in [-0.4, -0.2) is 32.4 Å². The van der Waals surface area contributed by atoms with Crippen LogP contribution >= 0.6 is 0 Å². The number of ether oxygens (including phenoxy) is 1. The summed E-state index contributed by atoms with van der Waals surface area (Å²) in [5.41, 5.74) is 0.0621. The molecule has 106 valence electrons. The van der Waals surface area contributed by atoms with Gasteiger partial charge >= 0.3 is 0 Å². The highest BCUT2D eigenvalue weighted by atomic mass is 16.5. The van der Waals surface area contributed by atoms with Crippen LogP contribution in [0.1, 0.15) is 0 Å². The first kappa shape index (κ1) is 12.9. The SMILES string of the molecule is O=C(COc1ccccc1)Nc1nc2[nH]cnc2c(=O)[nH]1. The van der Waals surface area contributed by atoms with Crippen molar-refractivity contribution in [3.63, 3.8) is 0 Å². The molecular formula is C13H11N5O3. The third-order valence-electron chi connectivity index (χ3n) is 2.66. The summed E-state index contributed by atoms with van der Waals surface area (Å²) in [6, 6.07) is 8.94. The first-order valence-electron chi connectivity index (χ1n) is 6.13. The molecule has 2 heterocycles.